The van der Waals surface area contributed by atoms with Gasteiger partial charge in [0, 0.05) is 10.8 Å². The fourth-order valence-corrected chi connectivity index (χ4v) is 10.7. The normalized spacial score (nSPS) is 38.2. The van der Waals surface area contributed by atoms with Crippen LogP contribution < -0.4 is 0 Å². The van der Waals surface area contributed by atoms with Crippen molar-refractivity contribution >= 4 is 17.9 Å². The molecule has 0 spiro atoms. The van der Waals surface area contributed by atoms with E-state index in [1.807, 2.05) is 0 Å². The van der Waals surface area contributed by atoms with E-state index in [2.05, 4.69) is 48.1 Å². The predicted molar refractivity (Wildman–Crippen MR) is 172 cm³/mol. The Bertz CT molecular complexity index is 1250. The van der Waals surface area contributed by atoms with Gasteiger partial charge in [0.25, 0.3) is 0 Å². The smallest absolute Gasteiger partial charge is 0.310 e. The van der Waals surface area contributed by atoms with Gasteiger partial charge in [-0.15, -0.1) is 0 Å². The second-order valence-corrected chi connectivity index (χ2v) is 16.8. The molecule has 8 heteroatoms. The number of carbonyl (C=O) groups excluding carboxylic acids is 1. The molecule has 254 valence electrons. The monoisotopic (exact) mass is 630 g/mol. The van der Waals surface area contributed by atoms with Crippen molar-refractivity contribution in [2.45, 2.75) is 144 Å². The number of carboxylic acids is 2. The van der Waals surface area contributed by atoms with E-state index < -0.39 is 42.0 Å². The van der Waals surface area contributed by atoms with Gasteiger partial charge in [0.2, 0.25) is 0 Å². The molecule has 4 N–H and O–H groups in total. The maximum atomic E-state index is 12.9. The third-order valence-corrected chi connectivity index (χ3v) is 13.8. The van der Waals surface area contributed by atoms with Crippen LogP contribution in [-0.2, 0) is 19.1 Å². The summed E-state index contributed by atoms with van der Waals surface area (Å²) in [7, 11) is 0. The lowest BCUT2D eigenvalue weighted by Gasteiger charge is -2.63. The first kappa shape index (κ1) is 35.7. The van der Waals surface area contributed by atoms with E-state index in [1.165, 1.54) is 18.1 Å². The van der Waals surface area contributed by atoms with Crippen LogP contribution >= 0.6 is 0 Å². The highest BCUT2D eigenvalue weighted by atomic mass is 16.5. The number of aliphatic hydroxyl groups is 2. The van der Waals surface area contributed by atoms with Gasteiger partial charge in [-0.1, -0.05) is 64.8 Å². The van der Waals surface area contributed by atoms with E-state index in [1.54, 1.807) is 6.92 Å². The van der Waals surface area contributed by atoms with Crippen LogP contribution in [0.5, 0.6) is 0 Å². The van der Waals surface area contributed by atoms with Gasteiger partial charge < -0.3 is 25.2 Å². The summed E-state index contributed by atoms with van der Waals surface area (Å²) in [5.74, 6) is -2.21. The van der Waals surface area contributed by atoms with Gasteiger partial charge in [0.15, 0.2) is 0 Å². The molecule has 10 atom stereocenters. The van der Waals surface area contributed by atoms with E-state index in [4.69, 9.17) is 9.84 Å². The van der Waals surface area contributed by atoms with Crippen LogP contribution in [0.2, 0.25) is 0 Å². The summed E-state index contributed by atoms with van der Waals surface area (Å²) < 4.78 is 5.99. The largest absolute Gasteiger partial charge is 0.481 e. The Morgan fingerprint density at radius 1 is 1.00 bits per heavy atom. The SMILES string of the molecule is C=C(CC[C@@H](C)[C@H]1CC[C@@]2(C)C3=C(C[C@H](O)[C@]12C)[C@@]1(C)CC[C@@H](OC(=O)C[C@@](C)(O)CC(=O)O)C(C)(C)C1CC3)[C@H](C)C(=O)O. The van der Waals surface area contributed by atoms with Gasteiger partial charge in [0.1, 0.15) is 6.10 Å². The molecule has 0 amide bonds. The van der Waals surface area contributed by atoms with Crippen molar-refractivity contribution in [3.8, 4) is 0 Å². The van der Waals surface area contributed by atoms with Crippen molar-refractivity contribution < 1.29 is 39.5 Å². The second-order valence-electron chi connectivity index (χ2n) is 16.8. The first-order valence-corrected chi connectivity index (χ1v) is 17.1. The van der Waals surface area contributed by atoms with E-state index in [0.29, 0.717) is 31.1 Å². The highest BCUT2D eigenvalue weighted by molar-refractivity contribution is 5.74. The topological polar surface area (TPSA) is 141 Å². The minimum atomic E-state index is -1.66. The first-order valence-electron chi connectivity index (χ1n) is 17.1. The summed E-state index contributed by atoms with van der Waals surface area (Å²) in [6, 6.07) is 0. The molecular weight excluding hydrogens is 572 g/mol. The van der Waals surface area contributed by atoms with E-state index in [0.717, 1.165) is 44.1 Å². The highest BCUT2D eigenvalue weighted by Crippen LogP contribution is 2.72. The van der Waals surface area contributed by atoms with E-state index in [-0.39, 0.29) is 40.1 Å². The van der Waals surface area contributed by atoms with Crippen molar-refractivity contribution in [3.05, 3.63) is 23.3 Å². The number of esters is 1. The number of ether oxygens (including phenoxy) is 1. The number of carbonyl (C=O) groups is 3. The minimum Gasteiger partial charge on any atom is -0.481 e. The number of rotatable bonds is 11. The minimum absolute atomic E-state index is 0.124. The van der Waals surface area contributed by atoms with E-state index >= 15 is 0 Å². The Hall–Kier alpha value is -2.19. The van der Waals surface area contributed by atoms with Crippen LogP contribution in [0.3, 0.4) is 0 Å². The summed E-state index contributed by atoms with van der Waals surface area (Å²) in [6.45, 7) is 20.8. The van der Waals surface area contributed by atoms with Gasteiger partial charge in [-0.05, 0) is 100 Å². The molecule has 45 heavy (non-hydrogen) atoms. The fourth-order valence-electron chi connectivity index (χ4n) is 10.7. The van der Waals surface area contributed by atoms with Gasteiger partial charge in [-0.3, -0.25) is 14.4 Å². The summed E-state index contributed by atoms with van der Waals surface area (Å²) in [4.78, 5) is 35.5. The molecule has 8 nitrogen and oxygen atoms in total. The van der Waals surface area contributed by atoms with Crippen molar-refractivity contribution in [3.63, 3.8) is 0 Å². The van der Waals surface area contributed by atoms with Crippen LogP contribution in [0.15, 0.2) is 23.3 Å². The molecule has 0 aromatic rings. The van der Waals surface area contributed by atoms with E-state index in [9.17, 15) is 29.7 Å². The molecule has 0 saturated heterocycles. The molecule has 4 rings (SSSR count). The summed E-state index contributed by atoms with van der Waals surface area (Å²) >= 11 is 0. The van der Waals surface area contributed by atoms with Crippen LogP contribution in [0.25, 0.3) is 0 Å². The quantitative estimate of drug-likeness (QED) is 0.142. The zero-order valence-electron chi connectivity index (χ0n) is 28.9. The van der Waals surface area contributed by atoms with Crippen molar-refractivity contribution in [1.82, 2.24) is 0 Å². The zero-order chi connectivity index (χ0) is 33.9. The number of fused-ring (bicyclic) bond motifs is 4. The standard InChI is InChI=1S/C37H58O8/c1-21(23(3)32(42)43)10-11-22(2)24-14-17-36(8)25-12-13-27-33(4,5)29(45-31(41)20-34(6,44)19-30(39)40)15-16-35(27,7)26(25)18-28(38)37(24,36)9/h22-24,27-29,38,44H,1,10-20H2,2-9H3,(H,39,40)(H,42,43)/t22-,23+,24-,27?,28+,29-,34+,35-,36+,37+/m1/s1. The Kier molecular flexibility index (Phi) is 9.60. The van der Waals surface area contributed by atoms with Crippen molar-refractivity contribution in [1.29, 1.82) is 0 Å². The number of aliphatic carboxylic acids is 2. The van der Waals surface area contributed by atoms with Gasteiger partial charge >= 0.3 is 17.9 Å². The molecule has 4 aliphatic carbocycles. The molecule has 0 aromatic carbocycles. The number of allylic oxidation sites excluding steroid dienone is 1. The van der Waals surface area contributed by atoms with Crippen LogP contribution in [-0.4, -0.2) is 56.1 Å². The number of carboxylic acid groups (broad SMARTS) is 2. The van der Waals surface area contributed by atoms with Crippen molar-refractivity contribution in [2.75, 3.05) is 0 Å². The maximum Gasteiger partial charge on any atom is 0.310 e. The lowest BCUT2D eigenvalue weighted by molar-refractivity contribution is -0.175. The highest BCUT2D eigenvalue weighted by Gasteiger charge is 2.66. The summed E-state index contributed by atoms with van der Waals surface area (Å²) in [5, 5.41) is 41.0. The average Bonchev–Trinajstić information content (AvgIpc) is 3.20. The number of aliphatic hydroxyl groups excluding tert-OH is 1. The molecule has 0 bridgehead atoms. The van der Waals surface area contributed by atoms with Gasteiger partial charge in [-0.25, -0.2) is 0 Å². The molecule has 0 radical (unpaired) electrons. The van der Waals surface area contributed by atoms with Crippen LogP contribution in [0.4, 0.5) is 0 Å². The summed E-state index contributed by atoms with van der Waals surface area (Å²) in [5.41, 5.74) is 1.17. The van der Waals surface area contributed by atoms with Gasteiger partial charge in [0.05, 0.1) is 30.5 Å². The Labute approximate surface area is 269 Å². The fraction of sp³-hybridized carbons (Fsp3) is 0.811. The molecule has 0 aromatic heterocycles. The Morgan fingerprint density at radius 3 is 2.24 bits per heavy atom. The number of hydrogen-bond acceptors (Lipinski definition) is 6. The molecule has 4 aliphatic rings. The molecular formula is C37H58O8. The molecule has 0 aliphatic heterocycles. The average molecular weight is 631 g/mol. The molecule has 1 unspecified atom stereocenters. The maximum absolute atomic E-state index is 12.9. The lowest BCUT2D eigenvalue weighted by Crippen LogP contribution is -2.58. The lowest BCUT2D eigenvalue weighted by atomic mass is 9.42. The molecule has 2 saturated carbocycles. The molecule has 2 fully saturated rings. The predicted octanol–water partition coefficient (Wildman–Crippen LogP) is 6.93. The van der Waals surface area contributed by atoms with Crippen LogP contribution in [0, 0.1) is 45.3 Å². The van der Waals surface area contributed by atoms with Gasteiger partial charge in [-0.2, -0.15) is 0 Å². The zero-order valence-corrected chi connectivity index (χ0v) is 28.9. The Morgan fingerprint density at radius 2 is 1.64 bits per heavy atom. The third kappa shape index (κ3) is 6.03. The van der Waals surface area contributed by atoms with Crippen LogP contribution in [0.1, 0.15) is 126 Å². The Balaban J connectivity index is 1.55. The third-order valence-electron chi connectivity index (χ3n) is 13.8. The summed E-state index contributed by atoms with van der Waals surface area (Å²) in [6.07, 6.45) is 6.01. The second kappa shape index (κ2) is 12.1. The first-order chi connectivity index (χ1) is 20.6. The van der Waals surface area contributed by atoms with Crippen molar-refractivity contribution in [2.24, 2.45) is 45.3 Å². The molecule has 0 heterocycles. The number of hydrogen-bond donors (Lipinski definition) is 4.